The van der Waals surface area contributed by atoms with Crippen LogP contribution in [0.1, 0.15) is 12.0 Å². The highest BCUT2D eigenvalue weighted by Gasteiger charge is 2.24. The highest BCUT2D eigenvalue weighted by atomic mass is 79.9. The second-order valence-electron chi connectivity index (χ2n) is 4.24. The van der Waals surface area contributed by atoms with Crippen LogP contribution >= 0.6 is 15.9 Å². The molecule has 1 aromatic rings. The van der Waals surface area contributed by atoms with Crippen LogP contribution < -0.4 is 4.74 Å². The summed E-state index contributed by atoms with van der Waals surface area (Å²) in [5, 5.41) is 0. The molecule has 0 saturated carbocycles. The van der Waals surface area contributed by atoms with E-state index in [1.165, 1.54) is 11.0 Å². The predicted molar refractivity (Wildman–Crippen MR) is 80.4 cm³/mol. The van der Waals surface area contributed by atoms with Crippen LogP contribution in [-0.4, -0.2) is 30.4 Å². The van der Waals surface area contributed by atoms with Crippen molar-refractivity contribution >= 4 is 33.8 Å². The molecule has 1 aromatic carbocycles. The molecule has 4 nitrogen and oxygen atoms in total. The molecule has 0 saturated heterocycles. The van der Waals surface area contributed by atoms with Gasteiger partial charge < -0.3 is 4.74 Å². The molecule has 0 spiro atoms. The summed E-state index contributed by atoms with van der Waals surface area (Å²) < 4.78 is 5.50. The largest absolute Gasteiger partial charge is 0.497 e. The Morgan fingerprint density at radius 3 is 2.70 bits per heavy atom. The summed E-state index contributed by atoms with van der Waals surface area (Å²) in [6.07, 6.45) is 5.54. The molecule has 5 heteroatoms. The molecule has 20 heavy (non-hydrogen) atoms. The van der Waals surface area contributed by atoms with E-state index in [0.717, 1.165) is 11.3 Å². The molecular weight excluding hydrogens is 322 g/mol. The van der Waals surface area contributed by atoms with Crippen LogP contribution in [0.25, 0.3) is 6.08 Å². The minimum Gasteiger partial charge on any atom is -0.497 e. The molecule has 0 N–H and O–H groups in total. The number of methoxy groups -OCH3 is 1. The molecule has 104 valence electrons. The third-order valence-electron chi connectivity index (χ3n) is 2.93. The molecule has 0 fully saturated rings. The van der Waals surface area contributed by atoms with Gasteiger partial charge in [0.1, 0.15) is 5.75 Å². The first-order chi connectivity index (χ1) is 9.61. The number of halogens is 1. The summed E-state index contributed by atoms with van der Waals surface area (Å²) in [7, 11) is 1.60. The Morgan fingerprint density at radius 2 is 2.05 bits per heavy atom. The molecule has 0 unspecified atom stereocenters. The smallest absolute Gasteiger partial charge is 0.267 e. The van der Waals surface area contributed by atoms with E-state index in [0.29, 0.717) is 17.4 Å². The summed E-state index contributed by atoms with van der Waals surface area (Å²) in [6.45, 7) is 0.416. The van der Waals surface area contributed by atoms with Crippen LogP contribution in [0.2, 0.25) is 0 Å². The van der Waals surface area contributed by atoms with E-state index in [-0.39, 0.29) is 11.8 Å². The number of carbonyl (C=O) groups is 2. The van der Waals surface area contributed by atoms with Crippen molar-refractivity contribution in [2.75, 3.05) is 13.7 Å². The van der Waals surface area contributed by atoms with Crippen molar-refractivity contribution in [1.82, 2.24) is 4.90 Å². The van der Waals surface area contributed by atoms with Crippen molar-refractivity contribution in [3.63, 3.8) is 0 Å². The molecule has 0 aromatic heterocycles. The van der Waals surface area contributed by atoms with E-state index in [1.807, 2.05) is 24.3 Å². The SMILES string of the molecule is COc1ccc(/C=C/C(=O)N2CCC=C(Br)C2=O)cc1. The molecule has 2 rings (SSSR count). The minimum absolute atomic E-state index is 0.291. The number of hydrogen-bond acceptors (Lipinski definition) is 3. The summed E-state index contributed by atoms with van der Waals surface area (Å²) >= 11 is 3.15. The summed E-state index contributed by atoms with van der Waals surface area (Å²) in [5.41, 5.74) is 0.873. The summed E-state index contributed by atoms with van der Waals surface area (Å²) in [5.74, 6) is 0.158. The zero-order valence-electron chi connectivity index (χ0n) is 11.0. The topological polar surface area (TPSA) is 46.6 Å². The fourth-order valence-electron chi connectivity index (χ4n) is 1.82. The monoisotopic (exact) mass is 335 g/mol. The maximum absolute atomic E-state index is 12.0. The van der Waals surface area contributed by atoms with Gasteiger partial charge in [0.15, 0.2) is 0 Å². The third kappa shape index (κ3) is 3.36. The Hall–Kier alpha value is -1.88. The maximum Gasteiger partial charge on any atom is 0.267 e. The Balaban J connectivity index is 2.05. The van der Waals surface area contributed by atoms with Gasteiger partial charge in [-0.1, -0.05) is 18.2 Å². The normalized spacial score (nSPS) is 15.4. The first kappa shape index (κ1) is 14.5. The average Bonchev–Trinajstić information content (AvgIpc) is 2.48. The fourth-order valence-corrected chi connectivity index (χ4v) is 2.26. The van der Waals surface area contributed by atoms with Gasteiger partial charge in [-0.3, -0.25) is 14.5 Å². The van der Waals surface area contributed by atoms with Crippen molar-refractivity contribution in [2.45, 2.75) is 6.42 Å². The summed E-state index contributed by atoms with van der Waals surface area (Å²) in [6, 6.07) is 7.32. The second-order valence-corrected chi connectivity index (χ2v) is 5.10. The number of nitrogens with zero attached hydrogens (tertiary/aromatic N) is 1. The number of imide groups is 1. The molecule has 1 heterocycles. The zero-order valence-corrected chi connectivity index (χ0v) is 12.6. The highest BCUT2D eigenvalue weighted by molar-refractivity contribution is 9.12. The van der Waals surface area contributed by atoms with E-state index in [2.05, 4.69) is 15.9 Å². The Labute approximate surface area is 125 Å². The minimum atomic E-state index is -0.309. The number of ether oxygens (including phenoxy) is 1. The van der Waals surface area contributed by atoms with Gasteiger partial charge in [0.25, 0.3) is 11.8 Å². The lowest BCUT2D eigenvalue weighted by Gasteiger charge is -2.21. The standard InChI is InChI=1S/C15H14BrNO3/c1-20-12-7-4-11(5-8-12)6-9-14(18)17-10-2-3-13(16)15(17)19/h3-9H,2,10H2,1H3/b9-6+. The molecule has 0 radical (unpaired) electrons. The van der Waals surface area contributed by atoms with Crippen molar-refractivity contribution in [3.05, 3.63) is 46.5 Å². The molecule has 0 aliphatic carbocycles. The molecule has 0 bridgehead atoms. The lowest BCUT2D eigenvalue weighted by atomic mass is 10.2. The summed E-state index contributed by atoms with van der Waals surface area (Å²) in [4.78, 5) is 25.0. The number of benzene rings is 1. The second kappa shape index (κ2) is 6.52. The van der Waals surface area contributed by atoms with Gasteiger partial charge in [-0.2, -0.15) is 0 Å². The van der Waals surface area contributed by atoms with Crippen LogP contribution in [0.3, 0.4) is 0 Å². The quantitative estimate of drug-likeness (QED) is 0.798. The van der Waals surface area contributed by atoms with Crippen LogP contribution in [0.5, 0.6) is 5.75 Å². The Kier molecular flexibility index (Phi) is 4.74. The van der Waals surface area contributed by atoms with E-state index in [9.17, 15) is 9.59 Å². The lowest BCUT2D eigenvalue weighted by Crippen LogP contribution is -2.38. The first-order valence-electron chi connectivity index (χ1n) is 6.15. The van der Waals surface area contributed by atoms with Gasteiger partial charge in [-0.05, 0) is 46.1 Å². The fraction of sp³-hybridized carbons (Fsp3) is 0.200. The number of amides is 2. The Bertz CT molecular complexity index is 575. The van der Waals surface area contributed by atoms with E-state index in [4.69, 9.17) is 4.74 Å². The predicted octanol–water partition coefficient (Wildman–Crippen LogP) is 2.75. The number of hydrogen-bond donors (Lipinski definition) is 0. The van der Waals surface area contributed by atoms with Gasteiger partial charge in [0.2, 0.25) is 0 Å². The first-order valence-corrected chi connectivity index (χ1v) is 6.95. The van der Waals surface area contributed by atoms with Crippen LogP contribution in [-0.2, 0) is 9.59 Å². The molecule has 2 amide bonds. The highest BCUT2D eigenvalue weighted by Crippen LogP contribution is 2.17. The van der Waals surface area contributed by atoms with Gasteiger partial charge in [0.05, 0.1) is 11.6 Å². The molecule has 1 aliphatic rings. The maximum atomic E-state index is 12.0. The van der Waals surface area contributed by atoms with Gasteiger partial charge >= 0.3 is 0 Å². The molecule has 0 atom stereocenters. The number of carbonyl (C=O) groups excluding carboxylic acids is 2. The molecule has 1 aliphatic heterocycles. The van der Waals surface area contributed by atoms with Gasteiger partial charge in [0, 0.05) is 12.6 Å². The zero-order chi connectivity index (χ0) is 14.5. The van der Waals surface area contributed by atoms with Gasteiger partial charge in [-0.25, -0.2) is 0 Å². The van der Waals surface area contributed by atoms with E-state index in [1.54, 1.807) is 19.3 Å². The molecular formula is C15H14BrNO3. The van der Waals surface area contributed by atoms with Crippen LogP contribution in [0.15, 0.2) is 40.9 Å². The average molecular weight is 336 g/mol. The lowest BCUT2D eigenvalue weighted by molar-refractivity contribution is -0.139. The van der Waals surface area contributed by atoms with Crippen molar-refractivity contribution in [1.29, 1.82) is 0 Å². The van der Waals surface area contributed by atoms with Crippen LogP contribution in [0.4, 0.5) is 0 Å². The number of rotatable bonds is 3. The Morgan fingerprint density at radius 1 is 1.35 bits per heavy atom. The van der Waals surface area contributed by atoms with Gasteiger partial charge in [-0.15, -0.1) is 0 Å². The van der Waals surface area contributed by atoms with Crippen molar-refractivity contribution in [3.8, 4) is 5.75 Å². The van der Waals surface area contributed by atoms with Crippen molar-refractivity contribution in [2.24, 2.45) is 0 Å². The van der Waals surface area contributed by atoms with Crippen LogP contribution in [0, 0.1) is 0 Å². The third-order valence-corrected chi connectivity index (χ3v) is 3.59. The van der Waals surface area contributed by atoms with Crippen molar-refractivity contribution < 1.29 is 14.3 Å². The van der Waals surface area contributed by atoms with E-state index >= 15 is 0 Å². The van der Waals surface area contributed by atoms with E-state index < -0.39 is 0 Å².